The van der Waals surface area contributed by atoms with Crippen molar-refractivity contribution < 1.29 is 19.1 Å². The van der Waals surface area contributed by atoms with Crippen LogP contribution in [0.2, 0.25) is 22.7 Å². The molecule has 0 spiro atoms. The van der Waals surface area contributed by atoms with Crippen molar-refractivity contribution in [3.8, 4) is 0 Å². The Morgan fingerprint density at radius 1 is 0.931 bits per heavy atom. The maximum Gasteiger partial charge on any atom is 0.323 e. The van der Waals surface area contributed by atoms with E-state index in [0.717, 1.165) is 11.6 Å². The predicted molar refractivity (Wildman–Crippen MR) is 120 cm³/mol. The number of carbonyl (C=O) groups excluding carboxylic acids is 2. The zero-order chi connectivity index (χ0) is 22.0. The molecule has 1 aromatic rings. The van der Waals surface area contributed by atoms with Crippen LogP contribution in [0.4, 0.5) is 0 Å². The van der Waals surface area contributed by atoms with E-state index in [2.05, 4.69) is 47.6 Å². The third-order valence-corrected chi connectivity index (χ3v) is 15.3. The first-order chi connectivity index (χ1) is 13.6. The number of hydrogen-bond acceptors (Lipinski definition) is 4. The Labute approximate surface area is 177 Å². The normalized spacial score (nSPS) is 18.7. The minimum Gasteiger partial charge on any atom is -0.468 e. The molecule has 4 nitrogen and oxygen atoms in total. The van der Waals surface area contributed by atoms with E-state index in [1.807, 2.05) is 18.2 Å². The molecule has 0 aliphatic heterocycles. The van der Waals surface area contributed by atoms with Gasteiger partial charge in [0.2, 0.25) is 0 Å². The maximum atomic E-state index is 13.2. The van der Waals surface area contributed by atoms with Gasteiger partial charge in [0.15, 0.2) is 5.41 Å². The summed E-state index contributed by atoms with van der Waals surface area (Å²) in [4.78, 5) is 26.4. The highest BCUT2D eigenvalue weighted by Gasteiger charge is 2.59. The van der Waals surface area contributed by atoms with Crippen LogP contribution < -0.4 is 0 Å². The molecule has 29 heavy (non-hydrogen) atoms. The van der Waals surface area contributed by atoms with Crippen LogP contribution in [0.1, 0.15) is 52.7 Å². The van der Waals surface area contributed by atoms with E-state index in [0.29, 0.717) is 29.5 Å². The Balaban J connectivity index is 2.69. The predicted octanol–water partition coefficient (Wildman–Crippen LogP) is 5.41. The summed E-state index contributed by atoms with van der Waals surface area (Å²) in [5.74, 6) is -1.03. The second-order valence-corrected chi connectivity index (χ2v) is 15.7. The van der Waals surface area contributed by atoms with Crippen LogP contribution in [-0.4, -0.2) is 34.2 Å². The standard InChI is InChI=1S/C24H38O4Si/c1-16(2)29(17(3)4,18(5)6)15-21-13-19-11-9-10-12-20(19)14-24(21,22(25)27-7)23(26)28-8/h9-12,16-18,21H,13-15H2,1-8H3. The Kier molecular flexibility index (Phi) is 7.36. The topological polar surface area (TPSA) is 52.6 Å². The van der Waals surface area contributed by atoms with Gasteiger partial charge >= 0.3 is 11.9 Å². The molecule has 1 aromatic carbocycles. The van der Waals surface area contributed by atoms with Gasteiger partial charge in [0.25, 0.3) is 0 Å². The van der Waals surface area contributed by atoms with Gasteiger partial charge in [0.05, 0.1) is 22.3 Å². The fourth-order valence-corrected chi connectivity index (χ4v) is 12.9. The van der Waals surface area contributed by atoms with E-state index < -0.39 is 25.4 Å². The lowest BCUT2D eigenvalue weighted by Gasteiger charge is -2.49. The summed E-state index contributed by atoms with van der Waals surface area (Å²) >= 11 is 0. The average Bonchev–Trinajstić information content (AvgIpc) is 2.68. The summed E-state index contributed by atoms with van der Waals surface area (Å²) in [6.45, 7) is 13.9. The van der Waals surface area contributed by atoms with Gasteiger partial charge in [0, 0.05) is 0 Å². The number of esters is 2. The molecule has 0 amide bonds. The van der Waals surface area contributed by atoms with E-state index >= 15 is 0 Å². The van der Waals surface area contributed by atoms with E-state index in [9.17, 15) is 9.59 Å². The van der Waals surface area contributed by atoms with E-state index in [1.165, 1.54) is 19.8 Å². The molecule has 0 radical (unpaired) electrons. The Morgan fingerprint density at radius 3 is 1.79 bits per heavy atom. The minimum atomic E-state index is -1.86. The van der Waals surface area contributed by atoms with Crippen LogP contribution in [-0.2, 0) is 31.9 Å². The zero-order valence-electron chi connectivity index (χ0n) is 19.4. The number of benzene rings is 1. The highest BCUT2D eigenvalue weighted by atomic mass is 28.3. The van der Waals surface area contributed by atoms with E-state index in [1.54, 1.807) is 0 Å². The van der Waals surface area contributed by atoms with Crippen molar-refractivity contribution in [1.29, 1.82) is 0 Å². The number of rotatable bonds is 7. The number of methoxy groups -OCH3 is 2. The lowest BCUT2D eigenvalue weighted by atomic mass is 9.64. The summed E-state index contributed by atoms with van der Waals surface area (Å²) < 4.78 is 10.5. The lowest BCUT2D eigenvalue weighted by molar-refractivity contribution is -0.174. The van der Waals surface area contributed by atoms with Gasteiger partial charge in [-0.3, -0.25) is 9.59 Å². The molecule has 0 bridgehead atoms. The largest absolute Gasteiger partial charge is 0.468 e. The first kappa shape index (κ1) is 23.7. The third-order valence-electron chi connectivity index (χ3n) is 7.67. The fraction of sp³-hybridized carbons (Fsp3) is 0.667. The summed E-state index contributed by atoms with van der Waals surface area (Å²) in [7, 11) is 0.897. The molecule has 5 heteroatoms. The van der Waals surface area contributed by atoms with Crippen molar-refractivity contribution in [3.05, 3.63) is 35.4 Å². The molecule has 0 fully saturated rings. The highest BCUT2D eigenvalue weighted by Crippen LogP contribution is 2.53. The minimum absolute atomic E-state index is 0.115. The van der Waals surface area contributed by atoms with Crippen molar-refractivity contribution in [2.24, 2.45) is 11.3 Å². The second kappa shape index (κ2) is 9.03. The number of hydrogen-bond donors (Lipinski definition) is 0. The molecule has 1 atom stereocenters. The summed E-state index contributed by atoms with van der Waals surface area (Å²) in [5.41, 5.74) is 2.66. The second-order valence-electron chi connectivity index (χ2n) is 9.58. The Hall–Kier alpha value is -1.62. The molecule has 1 aliphatic carbocycles. The van der Waals surface area contributed by atoms with Crippen LogP contribution in [0.5, 0.6) is 0 Å². The van der Waals surface area contributed by atoms with Crippen molar-refractivity contribution >= 4 is 20.0 Å². The van der Waals surface area contributed by atoms with Gasteiger partial charge in [-0.05, 0) is 29.9 Å². The van der Waals surface area contributed by atoms with Crippen molar-refractivity contribution in [2.75, 3.05) is 14.2 Å². The highest BCUT2D eigenvalue weighted by molar-refractivity contribution is 6.83. The monoisotopic (exact) mass is 418 g/mol. The van der Waals surface area contributed by atoms with Gasteiger partial charge in [0.1, 0.15) is 0 Å². The molecule has 162 valence electrons. The Bertz CT molecular complexity index is 700. The quantitative estimate of drug-likeness (QED) is 0.337. The van der Waals surface area contributed by atoms with E-state index in [-0.39, 0.29) is 5.92 Å². The third kappa shape index (κ3) is 3.90. The summed E-state index contributed by atoms with van der Waals surface area (Å²) in [5, 5.41) is 0. The van der Waals surface area contributed by atoms with Gasteiger partial charge < -0.3 is 9.47 Å². The van der Waals surface area contributed by atoms with Gasteiger partial charge in [-0.15, -0.1) is 0 Å². The first-order valence-corrected chi connectivity index (χ1v) is 13.2. The molecule has 0 N–H and O–H groups in total. The van der Waals surface area contributed by atoms with Gasteiger partial charge in [-0.25, -0.2) is 0 Å². The summed E-state index contributed by atoms with van der Waals surface area (Å²) in [6, 6.07) is 9.07. The van der Waals surface area contributed by atoms with Crippen molar-refractivity contribution in [3.63, 3.8) is 0 Å². The lowest BCUT2D eigenvalue weighted by Crippen LogP contribution is -2.56. The number of carbonyl (C=O) groups is 2. The zero-order valence-corrected chi connectivity index (χ0v) is 20.4. The fourth-order valence-electron chi connectivity index (χ4n) is 6.12. The van der Waals surface area contributed by atoms with E-state index in [4.69, 9.17) is 9.47 Å². The van der Waals surface area contributed by atoms with Crippen LogP contribution in [0.3, 0.4) is 0 Å². The molecular weight excluding hydrogens is 380 g/mol. The van der Waals surface area contributed by atoms with Crippen LogP contribution >= 0.6 is 0 Å². The Morgan fingerprint density at radius 2 is 1.38 bits per heavy atom. The number of fused-ring (bicyclic) bond motifs is 1. The van der Waals surface area contributed by atoms with Gasteiger partial charge in [-0.2, -0.15) is 0 Å². The molecule has 0 aromatic heterocycles. The van der Waals surface area contributed by atoms with Crippen LogP contribution in [0.15, 0.2) is 24.3 Å². The molecule has 0 saturated heterocycles. The molecule has 2 rings (SSSR count). The van der Waals surface area contributed by atoms with Gasteiger partial charge in [-0.1, -0.05) is 88.5 Å². The average molecular weight is 419 g/mol. The van der Waals surface area contributed by atoms with Crippen LogP contribution in [0.25, 0.3) is 0 Å². The summed E-state index contributed by atoms with van der Waals surface area (Å²) in [6.07, 6.45) is 1.06. The molecule has 0 heterocycles. The molecule has 1 unspecified atom stereocenters. The van der Waals surface area contributed by atoms with Crippen molar-refractivity contribution in [2.45, 2.75) is 77.1 Å². The molecule has 1 aliphatic rings. The van der Waals surface area contributed by atoms with Crippen LogP contribution in [0, 0.1) is 11.3 Å². The first-order valence-electron chi connectivity index (χ1n) is 10.8. The number of ether oxygens (including phenoxy) is 2. The molecular formula is C24H38O4Si. The SMILES string of the molecule is COC(=O)C1(C(=O)OC)Cc2ccccc2CC1C[Si](C(C)C)(C(C)C)C(C)C. The maximum absolute atomic E-state index is 13.2. The smallest absolute Gasteiger partial charge is 0.323 e. The molecule has 0 saturated carbocycles. The van der Waals surface area contributed by atoms with Crippen molar-refractivity contribution in [1.82, 2.24) is 0 Å².